The first-order valence-corrected chi connectivity index (χ1v) is 7.04. The third kappa shape index (κ3) is 2.46. The van der Waals surface area contributed by atoms with Crippen LogP contribution in [-0.2, 0) is 15.1 Å². The molecule has 1 aromatic heterocycles. The van der Waals surface area contributed by atoms with E-state index in [0.717, 1.165) is 16.5 Å². The van der Waals surface area contributed by atoms with E-state index in [2.05, 4.69) is 10.3 Å². The molecule has 1 fully saturated rings. The maximum absolute atomic E-state index is 11.3. The number of benzene rings is 1. The van der Waals surface area contributed by atoms with Crippen molar-refractivity contribution in [2.24, 2.45) is 0 Å². The highest BCUT2D eigenvalue weighted by atomic mass is 32.1. The highest BCUT2D eigenvalue weighted by Gasteiger charge is 2.39. The van der Waals surface area contributed by atoms with Crippen LogP contribution in [0.3, 0.4) is 0 Å². The number of hydrogen-bond donors (Lipinski definition) is 1. The number of nitrogens with one attached hydrogen (secondary N) is 1. The molecule has 0 saturated carbocycles. The van der Waals surface area contributed by atoms with Gasteiger partial charge in [-0.05, 0) is 19.1 Å². The second-order valence-electron chi connectivity index (χ2n) is 4.73. The Bertz CT molecular complexity index is 597. The molecule has 0 amide bonds. The number of para-hydroxylation sites is 1. The minimum atomic E-state index is -0.565. The molecule has 1 atom stereocenters. The Morgan fingerprint density at radius 3 is 2.84 bits per heavy atom. The lowest BCUT2D eigenvalue weighted by molar-refractivity contribution is -0.148. The summed E-state index contributed by atoms with van der Waals surface area (Å²) in [5.41, 5.74) is 1.25. The molecule has 2 heterocycles. The third-order valence-corrected chi connectivity index (χ3v) is 3.97. The van der Waals surface area contributed by atoms with Crippen LogP contribution in [0.4, 0.5) is 10.8 Å². The number of nitrogens with zero attached hydrogens (tertiary/aromatic N) is 1. The fourth-order valence-electron chi connectivity index (χ4n) is 2.09. The largest absolute Gasteiger partial charge is 0.453 e. The first-order valence-electron chi connectivity index (χ1n) is 6.16. The van der Waals surface area contributed by atoms with Gasteiger partial charge in [0, 0.05) is 23.9 Å². The van der Waals surface area contributed by atoms with E-state index in [0.29, 0.717) is 12.8 Å². The number of rotatable bonds is 3. The van der Waals surface area contributed by atoms with E-state index in [1.54, 1.807) is 0 Å². The highest BCUT2D eigenvalue weighted by molar-refractivity contribution is 7.13. The molecule has 0 radical (unpaired) electrons. The predicted octanol–water partition coefficient (Wildman–Crippen LogP) is 3.44. The van der Waals surface area contributed by atoms with Crippen LogP contribution in [-0.4, -0.2) is 11.0 Å². The number of carbonyl (C=O) groups is 1. The smallest absolute Gasteiger partial charge is 0.306 e. The molecule has 0 aliphatic carbocycles. The molecule has 98 valence electrons. The fourth-order valence-corrected chi connectivity index (χ4v) is 2.95. The molecule has 5 heteroatoms. The average Bonchev–Trinajstić information content (AvgIpc) is 2.99. The maximum Gasteiger partial charge on any atom is 0.306 e. The van der Waals surface area contributed by atoms with Crippen LogP contribution in [0.25, 0.3) is 0 Å². The third-order valence-electron chi connectivity index (χ3n) is 3.22. The topological polar surface area (TPSA) is 51.2 Å². The maximum atomic E-state index is 11.3. The van der Waals surface area contributed by atoms with E-state index in [1.165, 1.54) is 11.3 Å². The lowest BCUT2D eigenvalue weighted by Crippen LogP contribution is -2.21. The molecule has 19 heavy (non-hydrogen) atoms. The fraction of sp³-hybridized carbons (Fsp3) is 0.286. The molecule has 4 nitrogen and oxygen atoms in total. The standard InChI is InChI=1S/C14H14N2O2S/c1-14(8-7-12(17)18-14)11-9-19-13(16-11)15-10-5-3-2-4-6-10/h2-6,9H,7-8H2,1H3,(H,15,16)/t14-/m1/s1. The second kappa shape index (κ2) is 4.66. The molecule has 1 saturated heterocycles. The molecular weight excluding hydrogens is 260 g/mol. The predicted molar refractivity (Wildman–Crippen MR) is 74.5 cm³/mol. The Hall–Kier alpha value is -1.88. The van der Waals surface area contributed by atoms with Crippen molar-refractivity contribution in [2.45, 2.75) is 25.4 Å². The zero-order valence-electron chi connectivity index (χ0n) is 10.6. The van der Waals surface area contributed by atoms with Crippen LogP contribution in [0, 0.1) is 0 Å². The zero-order chi connectivity index (χ0) is 13.3. The summed E-state index contributed by atoms with van der Waals surface area (Å²) < 4.78 is 5.38. The summed E-state index contributed by atoms with van der Waals surface area (Å²) in [4.78, 5) is 15.8. The van der Waals surface area contributed by atoms with Crippen LogP contribution >= 0.6 is 11.3 Å². The van der Waals surface area contributed by atoms with Gasteiger partial charge in [-0.25, -0.2) is 4.98 Å². The summed E-state index contributed by atoms with van der Waals surface area (Å²) in [5.74, 6) is -0.145. The second-order valence-corrected chi connectivity index (χ2v) is 5.59. The summed E-state index contributed by atoms with van der Waals surface area (Å²) in [6.45, 7) is 1.92. The minimum absolute atomic E-state index is 0.145. The summed E-state index contributed by atoms with van der Waals surface area (Å²) in [7, 11) is 0. The van der Waals surface area contributed by atoms with E-state index in [-0.39, 0.29) is 5.97 Å². The van der Waals surface area contributed by atoms with Gasteiger partial charge in [-0.15, -0.1) is 11.3 Å². The molecule has 1 aliphatic rings. The van der Waals surface area contributed by atoms with Gasteiger partial charge in [0.25, 0.3) is 0 Å². The van der Waals surface area contributed by atoms with Gasteiger partial charge in [0.05, 0.1) is 5.69 Å². The van der Waals surface area contributed by atoms with Gasteiger partial charge < -0.3 is 10.1 Å². The molecule has 3 rings (SSSR count). The van der Waals surface area contributed by atoms with Crippen molar-refractivity contribution < 1.29 is 9.53 Å². The summed E-state index contributed by atoms with van der Waals surface area (Å²) in [6.07, 6.45) is 1.16. The van der Waals surface area contributed by atoms with Crippen LogP contribution in [0.1, 0.15) is 25.5 Å². The van der Waals surface area contributed by atoms with Gasteiger partial charge in [-0.2, -0.15) is 0 Å². The zero-order valence-corrected chi connectivity index (χ0v) is 11.4. The van der Waals surface area contributed by atoms with Crippen molar-refractivity contribution in [2.75, 3.05) is 5.32 Å². The molecule has 2 aromatic rings. The monoisotopic (exact) mass is 274 g/mol. The normalized spacial score (nSPS) is 22.3. The summed E-state index contributed by atoms with van der Waals surface area (Å²) in [6, 6.07) is 9.88. The minimum Gasteiger partial charge on any atom is -0.453 e. The lowest BCUT2D eigenvalue weighted by Gasteiger charge is -2.19. The van der Waals surface area contributed by atoms with Gasteiger partial charge in [-0.3, -0.25) is 4.79 Å². The van der Waals surface area contributed by atoms with Crippen molar-refractivity contribution >= 4 is 28.1 Å². The average molecular weight is 274 g/mol. The number of hydrogen-bond acceptors (Lipinski definition) is 5. The molecule has 0 spiro atoms. The Balaban J connectivity index is 1.78. The van der Waals surface area contributed by atoms with E-state index in [1.807, 2.05) is 42.6 Å². The number of carbonyl (C=O) groups excluding carboxylic acids is 1. The van der Waals surface area contributed by atoms with E-state index in [4.69, 9.17) is 4.74 Å². The Morgan fingerprint density at radius 2 is 2.16 bits per heavy atom. The molecule has 1 aliphatic heterocycles. The van der Waals surface area contributed by atoms with Gasteiger partial charge in [0.2, 0.25) is 0 Å². The van der Waals surface area contributed by atoms with Crippen molar-refractivity contribution in [3.63, 3.8) is 0 Å². The summed E-state index contributed by atoms with van der Waals surface area (Å²) in [5, 5.41) is 6.00. The number of anilines is 2. The number of cyclic esters (lactones) is 1. The van der Waals surface area contributed by atoms with Gasteiger partial charge in [-0.1, -0.05) is 18.2 Å². The molecule has 0 unspecified atom stereocenters. The van der Waals surface area contributed by atoms with Gasteiger partial charge in [0.15, 0.2) is 10.7 Å². The van der Waals surface area contributed by atoms with E-state index in [9.17, 15) is 4.79 Å². The van der Waals surface area contributed by atoms with Gasteiger partial charge >= 0.3 is 5.97 Å². The van der Waals surface area contributed by atoms with Gasteiger partial charge in [0.1, 0.15) is 0 Å². The SMILES string of the molecule is C[C@]1(c2csc(Nc3ccccc3)n2)CCC(=O)O1. The Labute approximate surface area is 115 Å². The number of ether oxygens (including phenoxy) is 1. The van der Waals surface area contributed by atoms with Crippen molar-refractivity contribution in [1.29, 1.82) is 0 Å². The van der Waals surface area contributed by atoms with Crippen LogP contribution in [0.5, 0.6) is 0 Å². The first-order chi connectivity index (χ1) is 9.16. The quantitative estimate of drug-likeness (QED) is 0.871. The molecule has 1 N–H and O–H groups in total. The Morgan fingerprint density at radius 1 is 1.37 bits per heavy atom. The van der Waals surface area contributed by atoms with Crippen LogP contribution in [0.15, 0.2) is 35.7 Å². The van der Waals surface area contributed by atoms with Crippen LogP contribution in [0.2, 0.25) is 0 Å². The highest BCUT2D eigenvalue weighted by Crippen LogP contribution is 2.37. The lowest BCUT2D eigenvalue weighted by atomic mass is 10.00. The van der Waals surface area contributed by atoms with E-state index >= 15 is 0 Å². The van der Waals surface area contributed by atoms with Crippen molar-refractivity contribution in [1.82, 2.24) is 4.98 Å². The molecular formula is C14H14N2O2S. The van der Waals surface area contributed by atoms with Crippen molar-refractivity contribution in [3.05, 3.63) is 41.4 Å². The first kappa shape index (κ1) is 12.2. The van der Waals surface area contributed by atoms with Crippen molar-refractivity contribution in [3.8, 4) is 0 Å². The number of esters is 1. The number of thiazole rings is 1. The van der Waals surface area contributed by atoms with E-state index < -0.39 is 5.60 Å². The molecule has 1 aromatic carbocycles. The molecule has 0 bridgehead atoms. The Kier molecular flexibility index (Phi) is 2.98. The summed E-state index contributed by atoms with van der Waals surface area (Å²) >= 11 is 1.52. The van der Waals surface area contributed by atoms with Crippen LogP contribution < -0.4 is 5.32 Å². The number of aromatic nitrogens is 1.